The van der Waals surface area contributed by atoms with Crippen molar-refractivity contribution in [3.05, 3.63) is 65.2 Å². The molecule has 0 saturated carbocycles. The molecule has 1 unspecified atom stereocenters. The molecule has 1 aromatic carbocycles. The summed E-state index contributed by atoms with van der Waals surface area (Å²) in [7, 11) is 0. The van der Waals surface area contributed by atoms with Gasteiger partial charge in [0.05, 0.1) is 11.7 Å². The minimum absolute atomic E-state index is 0.113. The van der Waals surface area contributed by atoms with Gasteiger partial charge in [0.2, 0.25) is 0 Å². The first kappa shape index (κ1) is 12.6. The maximum absolute atomic E-state index is 13.4. The zero-order chi connectivity index (χ0) is 13.1. The molecule has 94 valence electrons. The van der Waals surface area contributed by atoms with Crippen LogP contribution in [0.1, 0.15) is 17.3 Å². The first-order valence-electron chi connectivity index (χ1n) is 5.38. The van der Waals surface area contributed by atoms with Crippen molar-refractivity contribution in [1.29, 1.82) is 0 Å². The van der Waals surface area contributed by atoms with Gasteiger partial charge in [0.1, 0.15) is 5.82 Å². The molecule has 0 saturated heterocycles. The lowest BCUT2D eigenvalue weighted by atomic mass is 10.0. The zero-order valence-corrected chi connectivity index (χ0v) is 9.41. The van der Waals surface area contributed by atoms with Gasteiger partial charge < -0.3 is 5.73 Å². The smallest absolute Gasteiger partial charge is 0.159 e. The number of aromatic nitrogens is 1. The van der Waals surface area contributed by atoms with Crippen LogP contribution in [0.3, 0.4) is 0 Å². The lowest BCUT2D eigenvalue weighted by Gasteiger charge is -2.11. The molecule has 0 fully saturated rings. The van der Waals surface area contributed by atoms with Crippen molar-refractivity contribution in [3.8, 4) is 0 Å². The molecule has 0 aliphatic rings. The maximum Gasteiger partial charge on any atom is 0.159 e. The van der Waals surface area contributed by atoms with E-state index >= 15 is 0 Å². The Hall–Kier alpha value is -1.88. The van der Waals surface area contributed by atoms with Gasteiger partial charge in [0.15, 0.2) is 11.6 Å². The fourth-order valence-electron chi connectivity index (χ4n) is 1.69. The lowest BCUT2D eigenvalue weighted by molar-refractivity contribution is 0.505. The van der Waals surface area contributed by atoms with Crippen molar-refractivity contribution in [1.82, 2.24) is 4.98 Å². The summed E-state index contributed by atoms with van der Waals surface area (Å²) in [4.78, 5) is 3.85. The first-order valence-corrected chi connectivity index (χ1v) is 5.38. The van der Waals surface area contributed by atoms with E-state index in [2.05, 4.69) is 4.98 Å². The van der Waals surface area contributed by atoms with Crippen LogP contribution in [-0.2, 0) is 6.42 Å². The van der Waals surface area contributed by atoms with Crippen molar-refractivity contribution < 1.29 is 13.2 Å². The van der Waals surface area contributed by atoms with E-state index in [9.17, 15) is 13.2 Å². The SMILES string of the molecule is NC(Cc1ccc(F)c(F)c1)c1ncccc1F. The number of benzene rings is 1. The van der Waals surface area contributed by atoms with Gasteiger partial charge in [-0.25, -0.2) is 13.2 Å². The molecule has 1 aromatic heterocycles. The van der Waals surface area contributed by atoms with E-state index in [1.165, 1.54) is 24.4 Å². The Bertz CT molecular complexity index is 558. The van der Waals surface area contributed by atoms with E-state index in [0.29, 0.717) is 5.56 Å². The Balaban J connectivity index is 2.19. The summed E-state index contributed by atoms with van der Waals surface area (Å²) in [5.74, 6) is -2.37. The Morgan fingerprint density at radius 2 is 1.83 bits per heavy atom. The van der Waals surface area contributed by atoms with Crippen LogP contribution in [0, 0.1) is 17.5 Å². The van der Waals surface area contributed by atoms with Crippen molar-refractivity contribution in [2.45, 2.75) is 12.5 Å². The first-order chi connectivity index (χ1) is 8.58. The van der Waals surface area contributed by atoms with Gasteiger partial charge in [-0.2, -0.15) is 0 Å². The molecule has 2 rings (SSSR count). The minimum atomic E-state index is -0.943. The molecule has 0 aliphatic carbocycles. The van der Waals surface area contributed by atoms with Crippen LogP contribution < -0.4 is 5.73 Å². The van der Waals surface area contributed by atoms with E-state index in [-0.39, 0.29) is 12.1 Å². The highest BCUT2D eigenvalue weighted by Gasteiger charge is 2.14. The van der Waals surface area contributed by atoms with E-state index in [0.717, 1.165) is 12.1 Å². The highest BCUT2D eigenvalue weighted by atomic mass is 19.2. The van der Waals surface area contributed by atoms with Crippen LogP contribution in [0.25, 0.3) is 0 Å². The molecule has 1 atom stereocenters. The molecule has 0 spiro atoms. The Labute approximate surface area is 102 Å². The van der Waals surface area contributed by atoms with Crippen LogP contribution in [-0.4, -0.2) is 4.98 Å². The fraction of sp³-hybridized carbons (Fsp3) is 0.154. The largest absolute Gasteiger partial charge is 0.322 e. The minimum Gasteiger partial charge on any atom is -0.322 e. The number of rotatable bonds is 3. The summed E-state index contributed by atoms with van der Waals surface area (Å²) in [5.41, 5.74) is 6.40. The number of pyridine rings is 1. The average molecular weight is 252 g/mol. The summed E-state index contributed by atoms with van der Waals surface area (Å²) in [6.45, 7) is 0. The number of hydrogen-bond donors (Lipinski definition) is 1. The summed E-state index contributed by atoms with van der Waals surface area (Å²) >= 11 is 0. The van der Waals surface area contributed by atoms with Crippen molar-refractivity contribution >= 4 is 0 Å². The van der Waals surface area contributed by atoms with Gasteiger partial charge in [-0.3, -0.25) is 4.98 Å². The Morgan fingerprint density at radius 3 is 2.50 bits per heavy atom. The molecule has 5 heteroatoms. The quantitative estimate of drug-likeness (QED) is 0.912. The van der Waals surface area contributed by atoms with Gasteiger partial charge in [0, 0.05) is 6.20 Å². The van der Waals surface area contributed by atoms with Crippen LogP contribution in [0.2, 0.25) is 0 Å². The van der Waals surface area contributed by atoms with Gasteiger partial charge in [-0.15, -0.1) is 0 Å². The number of nitrogens with two attached hydrogens (primary N) is 1. The fourth-order valence-corrected chi connectivity index (χ4v) is 1.69. The van der Waals surface area contributed by atoms with E-state index in [4.69, 9.17) is 5.73 Å². The molecule has 0 amide bonds. The standard InChI is InChI=1S/C13H11F3N2/c14-9-4-3-8(6-11(9)16)7-12(17)13-10(15)2-1-5-18-13/h1-6,12H,7,17H2. The second-order valence-electron chi connectivity index (χ2n) is 3.93. The third-order valence-electron chi connectivity index (χ3n) is 2.58. The van der Waals surface area contributed by atoms with Crippen LogP contribution in [0.5, 0.6) is 0 Å². The summed E-state index contributed by atoms with van der Waals surface area (Å²) in [5, 5.41) is 0. The molecular formula is C13H11F3N2. The molecule has 2 aromatic rings. The number of nitrogens with zero attached hydrogens (tertiary/aromatic N) is 1. The lowest BCUT2D eigenvalue weighted by Crippen LogP contribution is -2.16. The molecule has 0 aliphatic heterocycles. The Kier molecular flexibility index (Phi) is 3.62. The summed E-state index contributed by atoms with van der Waals surface area (Å²) < 4.78 is 39.2. The van der Waals surface area contributed by atoms with Crippen LogP contribution in [0.4, 0.5) is 13.2 Å². The second-order valence-corrected chi connectivity index (χ2v) is 3.93. The zero-order valence-electron chi connectivity index (χ0n) is 9.41. The summed E-state index contributed by atoms with van der Waals surface area (Å²) in [6.07, 6.45) is 1.62. The topological polar surface area (TPSA) is 38.9 Å². The van der Waals surface area contributed by atoms with Gasteiger partial charge in [-0.1, -0.05) is 6.07 Å². The van der Waals surface area contributed by atoms with E-state index in [1.807, 2.05) is 0 Å². The molecule has 2 nitrogen and oxygen atoms in total. The van der Waals surface area contributed by atoms with Gasteiger partial charge in [0.25, 0.3) is 0 Å². The van der Waals surface area contributed by atoms with Crippen LogP contribution in [0.15, 0.2) is 36.5 Å². The average Bonchev–Trinajstić information content (AvgIpc) is 2.34. The van der Waals surface area contributed by atoms with Crippen molar-refractivity contribution in [3.63, 3.8) is 0 Å². The third kappa shape index (κ3) is 2.68. The molecule has 0 radical (unpaired) electrons. The van der Waals surface area contributed by atoms with Gasteiger partial charge >= 0.3 is 0 Å². The maximum atomic E-state index is 13.4. The normalized spacial score (nSPS) is 12.4. The molecule has 1 heterocycles. The highest BCUT2D eigenvalue weighted by molar-refractivity contribution is 5.21. The third-order valence-corrected chi connectivity index (χ3v) is 2.58. The molecule has 0 bridgehead atoms. The second kappa shape index (κ2) is 5.18. The highest BCUT2D eigenvalue weighted by Crippen LogP contribution is 2.18. The number of halogens is 3. The number of hydrogen-bond acceptors (Lipinski definition) is 2. The van der Waals surface area contributed by atoms with Crippen molar-refractivity contribution in [2.24, 2.45) is 5.73 Å². The predicted molar refractivity (Wildman–Crippen MR) is 61.2 cm³/mol. The van der Waals surface area contributed by atoms with Gasteiger partial charge in [-0.05, 0) is 36.2 Å². The predicted octanol–water partition coefficient (Wildman–Crippen LogP) is 2.74. The monoisotopic (exact) mass is 252 g/mol. The molecular weight excluding hydrogens is 241 g/mol. The van der Waals surface area contributed by atoms with E-state index < -0.39 is 23.5 Å². The van der Waals surface area contributed by atoms with Crippen molar-refractivity contribution in [2.75, 3.05) is 0 Å². The van der Waals surface area contributed by atoms with Crippen LogP contribution >= 0.6 is 0 Å². The summed E-state index contributed by atoms with van der Waals surface area (Å²) in [6, 6.07) is 5.51. The molecule has 18 heavy (non-hydrogen) atoms. The molecule has 2 N–H and O–H groups in total. The van der Waals surface area contributed by atoms with E-state index in [1.54, 1.807) is 0 Å². The Morgan fingerprint density at radius 1 is 1.06 bits per heavy atom.